The average Bonchev–Trinajstić information content (AvgIpc) is 2.22. The van der Waals surface area contributed by atoms with Gasteiger partial charge in [0.05, 0.1) is 5.88 Å². The first-order valence-corrected chi connectivity index (χ1v) is 4.91. The molecule has 0 heterocycles. The van der Waals surface area contributed by atoms with E-state index in [0.29, 0.717) is 0 Å². The summed E-state index contributed by atoms with van der Waals surface area (Å²) in [7, 11) is 0. The van der Waals surface area contributed by atoms with Crippen molar-refractivity contribution < 1.29 is 23.4 Å². The summed E-state index contributed by atoms with van der Waals surface area (Å²) in [6.07, 6.45) is -0.153. The summed E-state index contributed by atoms with van der Waals surface area (Å²) in [5.41, 5.74) is 0.186. The molecule has 0 radical (unpaired) electrons. The van der Waals surface area contributed by atoms with Gasteiger partial charge in [-0.3, -0.25) is 4.79 Å². The first-order valence-electron chi connectivity index (χ1n) is 4.38. The van der Waals surface area contributed by atoms with E-state index >= 15 is 0 Å². The number of para-hydroxylation sites is 1. The van der Waals surface area contributed by atoms with Crippen LogP contribution in [0.4, 0.5) is 8.78 Å². The predicted molar refractivity (Wildman–Crippen MR) is 54.2 cm³/mol. The van der Waals surface area contributed by atoms with Gasteiger partial charge in [-0.1, -0.05) is 12.1 Å². The number of ether oxygens (including phenoxy) is 1. The smallest absolute Gasteiger partial charge is 0.387 e. The summed E-state index contributed by atoms with van der Waals surface area (Å²) in [6, 6.07) is 4.05. The molecule has 1 aromatic carbocycles. The van der Waals surface area contributed by atoms with Crippen LogP contribution in [-0.4, -0.2) is 23.4 Å². The lowest BCUT2D eigenvalue weighted by Crippen LogP contribution is -2.09. The number of alkyl halides is 3. The molecule has 0 atom stereocenters. The van der Waals surface area contributed by atoms with E-state index in [-0.39, 0.29) is 29.4 Å². The number of benzene rings is 1. The summed E-state index contributed by atoms with van der Waals surface area (Å²) in [4.78, 5) is 11.1. The van der Waals surface area contributed by atoms with E-state index in [2.05, 4.69) is 4.74 Å². The highest BCUT2D eigenvalue weighted by Gasteiger charge is 2.15. The van der Waals surface area contributed by atoms with Gasteiger partial charge in [0.2, 0.25) is 0 Å². The van der Waals surface area contributed by atoms with Crippen molar-refractivity contribution in [2.24, 2.45) is 0 Å². The molecule has 16 heavy (non-hydrogen) atoms. The second kappa shape index (κ2) is 5.65. The highest BCUT2D eigenvalue weighted by molar-refractivity contribution is 6.27. The molecule has 3 nitrogen and oxygen atoms in total. The minimum Gasteiger partial charge on any atom is -0.504 e. The van der Waals surface area contributed by atoms with Crippen LogP contribution in [0, 0.1) is 0 Å². The van der Waals surface area contributed by atoms with Crippen molar-refractivity contribution in [3.8, 4) is 11.5 Å². The third-order valence-corrected chi connectivity index (χ3v) is 2.12. The third-order valence-electron chi connectivity index (χ3n) is 1.82. The Labute approximate surface area is 95.6 Å². The Kier molecular flexibility index (Phi) is 4.49. The van der Waals surface area contributed by atoms with Gasteiger partial charge in [0.25, 0.3) is 0 Å². The molecule has 0 aromatic heterocycles. The van der Waals surface area contributed by atoms with Gasteiger partial charge in [0, 0.05) is 12.0 Å². The van der Waals surface area contributed by atoms with Crippen molar-refractivity contribution in [3.05, 3.63) is 23.8 Å². The second-order valence-electron chi connectivity index (χ2n) is 2.99. The van der Waals surface area contributed by atoms with Gasteiger partial charge < -0.3 is 9.84 Å². The molecule has 1 aromatic rings. The van der Waals surface area contributed by atoms with Gasteiger partial charge >= 0.3 is 6.61 Å². The van der Waals surface area contributed by atoms with Crippen molar-refractivity contribution in [1.82, 2.24) is 0 Å². The topological polar surface area (TPSA) is 46.5 Å². The first-order chi connectivity index (χ1) is 7.54. The zero-order valence-electron chi connectivity index (χ0n) is 8.12. The number of hydrogen-bond acceptors (Lipinski definition) is 3. The van der Waals surface area contributed by atoms with Gasteiger partial charge in [0.1, 0.15) is 0 Å². The molecular weight excluding hydrogens is 242 g/mol. The second-order valence-corrected chi connectivity index (χ2v) is 3.26. The fraction of sp³-hybridized carbons (Fsp3) is 0.300. The lowest BCUT2D eigenvalue weighted by Gasteiger charge is -2.11. The van der Waals surface area contributed by atoms with Gasteiger partial charge in [-0.15, -0.1) is 11.6 Å². The Balaban J connectivity index is 2.98. The molecule has 0 aliphatic carbocycles. The molecule has 0 saturated carbocycles. The van der Waals surface area contributed by atoms with E-state index in [0.717, 1.165) is 0 Å². The quantitative estimate of drug-likeness (QED) is 0.816. The third kappa shape index (κ3) is 3.34. The fourth-order valence-corrected chi connectivity index (χ4v) is 1.29. The number of carbonyl (C=O) groups is 1. The van der Waals surface area contributed by atoms with Crippen LogP contribution in [0.2, 0.25) is 0 Å². The molecule has 1 rings (SSSR count). The zero-order valence-corrected chi connectivity index (χ0v) is 8.88. The minimum absolute atomic E-state index is 0.153. The van der Waals surface area contributed by atoms with E-state index in [4.69, 9.17) is 11.6 Å². The van der Waals surface area contributed by atoms with E-state index in [1.54, 1.807) is 0 Å². The van der Waals surface area contributed by atoms with Crippen LogP contribution in [-0.2, 0) is 11.2 Å². The number of carbonyl (C=O) groups excluding carboxylic acids is 1. The maximum atomic E-state index is 12.1. The average molecular weight is 251 g/mol. The summed E-state index contributed by atoms with van der Waals surface area (Å²) in [5, 5.41) is 9.32. The van der Waals surface area contributed by atoms with Crippen molar-refractivity contribution in [1.29, 1.82) is 0 Å². The number of rotatable bonds is 5. The predicted octanol–water partition coefficient (Wildman–Crippen LogP) is 2.34. The fourth-order valence-electron chi connectivity index (χ4n) is 1.20. The van der Waals surface area contributed by atoms with Crippen molar-refractivity contribution in [2.75, 3.05) is 5.88 Å². The highest BCUT2D eigenvalue weighted by atomic mass is 35.5. The molecule has 0 aliphatic heterocycles. The number of ketones is 1. The van der Waals surface area contributed by atoms with Crippen LogP contribution in [0.15, 0.2) is 18.2 Å². The minimum atomic E-state index is -3.06. The van der Waals surface area contributed by atoms with Crippen LogP contribution in [0.1, 0.15) is 5.56 Å². The number of aromatic hydroxyl groups is 1. The molecular formula is C10H9ClF2O3. The number of phenols is 1. The summed E-state index contributed by atoms with van der Waals surface area (Å²) < 4.78 is 28.3. The molecule has 1 N–H and O–H groups in total. The van der Waals surface area contributed by atoms with Gasteiger partial charge in [-0.05, 0) is 6.07 Å². The molecule has 0 bridgehead atoms. The lowest BCUT2D eigenvalue weighted by molar-refractivity contribution is -0.116. The molecule has 88 valence electrons. The summed E-state index contributed by atoms with van der Waals surface area (Å²) >= 11 is 5.30. The van der Waals surface area contributed by atoms with Gasteiger partial charge in [-0.25, -0.2) is 0 Å². The van der Waals surface area contributed by atoms with E-state index < -0.39 is 12.4 Å². The van der Waals surface area contributed by atoms with Gasteiger partial charge in [0.15, 0.2) is 17.3 Å². The summed E-state index contributed by atoms with van der Waals surface area (Å²) in [6.45, 7) is -3.06. The van der Waals surface area contributed by atoms with Crippen molar-refractivity contribution in [3.63, 3.8) is 0 Å². The van der Waals surface area contributed by atoms with Crippen LogP contribution in [0.3, 0.4) is 0 Å². The Bertz CT molecular complexity index is 382. The summed E-state index contributed by atoms with van der Waals surface area (Å²) in [5.74, 6) is -1.37. The van der Waals surface area contributed by atoms with Crippen LogP contribution in [0.5, 0.6) is 11.5 Å². The number of hydrogen-bond donors (Lipinski definition) is 1. The Hall–Kier alpha value is -1.36. The molecule has 0 amide bonds. The van der Waals surface area contributed by atoms with Crippen LogP contribution >= 0.6 is 11.6 Å². The molecule has 6 heteroatoms. The normalized spacial score (nSPS) is 10.5. The Morgan fingerprint density at radius 1 is 1.50 bits per heavy atom. The maximum absolute atomic E-state index is 12.1. The lowest BCUT2D eigenvalue weighted by atomic mass is 10.1. The number of halogens is 3. The van der Waals surface area contributed by atoms with E-state index in [9.17, 15) is 18.7 Å². The maximum Gasteiger partial charge on any atom is 0.387 e. The first kappa shape index (κ1) is 12.7. The molecule has 0 aliphatic rings. The van der Waals surface area contributed by atoms with E-state index in [1.165, 1.54) is 18.2 Å². The zero-order chi connectivity index (χ0) is 12.1. The number of phenolic OH excluding ortho intramolecular Hbond substituents is 1. The highest BCUT2D eigenvalue weighted by Crippen LogP contribution is 2.31. The Morgan fingerprint density at radius 2 is 2.19 bits per heavy atom. The largest absolute Gasteiger partial charge is 0.504 e. The number of Topliss-reactive ketones (excluding diaryl/α,β-unsaturated/α-hetero) is 1. The molecule has 0 fully saturated rings. The van der Waals surface area contributed by atoms with Gasteiger partial charge in [-0.2, -0.15) is 8.78 Å². The monoisotopic (exact) mass is 250 g/mol. The Morgan fingerprint density at radius 3 is 2.75 bits per heavy atom. The van der Waals surface area contributed by atoms with Crippen molar-refractivity contribution >= 4 is 17.4 Å². The van der Waals surface area contributed by atoms with E-state index in [1.807, 2.05) is 0 Å². The van der Waals surface area contributed by atoms with Crippen LogP contribution < -0.4 is 4.74 Å². The SMILES string of the molecule is O=C(CCl)Cc1cccc(O)c1OC(F)F. The van der Waals surface area contributed by atoms with Crippen LogP contribution in [0.25, 0.3) is 0 Å². The molecule has 0 spiro atoms. The molecule has 0 saturated heterocycles. The van der Waals surface area contributed by atoms with Crippen molar-refractivity contribution in [2.45, 2.75) is 13.0 Å². The standard InChI is InChI=1S/C10H9ClF2O3/c11-5-7(14)4-6-2-1-3-8(15)9(6)16-10(12)13/h1-3,10,15H,4-5H2. The molecule has 0 unspecified atom stereocenters.